The SMILES string of the molecule is CSCCC(C)NC(=O)c1nc(CNC(=O)OC(C)(C)C)sc1-c1ccccc1. The Balaban J connectivity index is 2.18. The maximum atomic E-state index is 12.9. The van der Waals surface area contributed by atoms with Crippen molar-refractivity contribution in [1.29, 1.82) is 0 Å². The van der Waals surface area contributed by atoms with E-state index in [0.717, 1.165) is 22.6 Å². The van der Waals surface area contributed by atoms with Gasteiger partial charge in [0.15, 0.2) is 0 Å². The minimum absolute atomic E-state index is 0.0589. The number of nitrogens with zero attached hydrogens (tertiary/aromatic N) is 1. The molecular weight excluding hydrogens is 406 g/mol. The molecule has 0 saturated carbocycles. The molecule has 1 atom stereocenters. The van der Waals surface area contributed by atoms with Crippen LogP contribution in [0, 0.1) is 0 Å². The van der Waals surface area contributed by atoms with Crippen molar-refractivity contribution in [2.75, 3.05) is 12.0 Å². The summed E-state index contributed by atoms with van der Waals surface area (Å²) in [5.41, 5.74) is 0.744. The largest absolute Gasteiger partial charge is 0.444 e. The first-order valence-electron chi connectivity index (χ1n) is 9.51. The number of thioether (sulfide) groups is 1. The standard InChI is InChI=1S/C21H29N3O3S2/c1-14(11-12-28-5)23-19(25)17-18(15-9-7-6-8-10-15)29-16(24-17)13-22-20(26)27-21(2,3)4/h6-10,14H,11-13H2,1-5H3,(H,22,26)(H,23,25). The molecule has 1 heterocycles. The first-order chi connectivity index (χ1) is 13.7. The van der Waals surface area contributed by atoms with Gasteiger partial charge in [-0.05, 0) is 51.7 Å². The van der Waals surface area contributed by atoms with Crippen LogP contribution >= 0.6 is 23.1 Å². The quantitative estimate of drug-likeness (QED) is 0.628. The van der Waals surface area contributed by atoms with Gasteiger partial charge in [-0.2, -0.15) is 11.8 Å². The predicted octanol–water partition coefficient (Wildman–Crippen LogP) is 4.71. The zero-order valence-corrected chi connectivity index (χ0v) is 19.2. The van der Waals surface area contributed by atoms with Crippen LogP contribution in [0.25, 0.3) is 10.4 Å². The Labute approximate surface area is 180 Å². The van der Waals surface area contributed by atoms with E-state index in [1.807, 2.05) is 64.3 Å². The van der Waals surface area contributed by atoms with E-state index in [1.165, 1.54) is 11.3 Å². The van der Waals surface area contributed by atoms with Gasteiger partial charge in [0.1, 0.15) is 16.3 Å². The second-order valence-electron chi connectivity index (χ2n) is 7.66. The summed E-state index contributed by atoms with van der Waals surface area (Å²) in [5, 5.41) is 6.39. The molecular formula is C21H29N3O3S2. The molecule has 0 spiro atoms. The zero-order valence-electron chi connectivity index (χ0n) is 17.6. The Morgan fingerprint density at radius 1 is 1.24 bits per heavy atom. The Kier molecular flexibility index (Phi) is 8.52. The molecule has 1 aromatic heterocycles. The van der Waals surface area contributed by atoms with Crippen molar-refractivity contribution in [2.24, 2.45) is 0 Å². The van der Waals surface area contributed by atoms with Crippen molar-refractivity contribution in [3.05, 3.63) is 41.0 Å². The van der Waals surface area contributed by atoms with E-state index in [0.29, 0.717) is 10.7 Å². The number of aromatic nitrogens is 1. The molecule has 0 bridgehead atoms. The third-order valence-electron chi connectivity index (χ3n) is 3.84. The average molecular weight is 436 g/mol. The van der Waals surface area contributed by atoms with Crippen LogP contribution < -0.4 is 10.6 Å². The molecule has 2 amide bonds. The minimum atomic E-state index is -0.569. The summed E-state index contributed by atoms with van der Waals surface area (Å²) in [5.74, 6) is 0.784. The minimum Gasteiger partial charge on any atom is -0.444 e. The fraction of sp³-hybridized carbons (Fsp3) is 0.476. The molecule has 0 aliphatic rings. The average Bonchev–Trinajstić information content (AvgIpc) is 3.08. The van der Waals surface area contributed by atoms with Crippen molar-refractivity contribution in [2.45, 2.75) is 52.3 Å². The van der Waals surface area contributed by atoms with Gasteiger partial charge in [0.2, 0.25) is 0 Å². The van der Waals surface area contributed by atoms with Crippen LogP contribution in [-0.2, 0) is 11.3 Å². The Bertz CT molecular complexity index is 816. The fourth-order valence-corrected chi connectivity index (χ4v) is 4.10. The summed E-state index contributed by atoms with van der Waals surface area (Å²) >= 11 is 3.15. The number of benzene rings is 1. The summed E-state index contributed by atoms with van der Waals surface area (Å²) in [4.78, 5) is 30.1. The summed E-state index contributed by atoms with van der Waals surface area (Å²) in [6.45, 7) is 7.63. The van der Waals surface area contributed by atoms with Gasteiger partial charge >= 0.3 is 6.09 Å². The van der Waals surface area contributed by atoms with E-state index >= 15 is 0 Å². The molecule has 0 aliphatic heterocycles. The molecule has 158 valence electrons. The van der Waals surface area contributed by atoms with Crippen molar-refractivity contribution >= 4 is 35.1 Å². The fourth-order valence-electron chi connectivity index (χ4n) is 2.50. The molecule has 0 saturated heterocycles. The molecule has 6 nitrogen and oxygen atoms in total. The Hall–Kier alpha value is -2.06. The van der Waals surface area contributed by atoms with Crippen LogP contribution in [0.4, 0.5) is 4.79 Å². The second kappa shape index (κ2) is 10.6. The van der Waals surface area contributed by atoms with Gasteiger partial charge in [-0.25, -0.2) is 9.78 Å². The topological polar surface area (TPSA) is 80.3 Å². The molecule has 1 unspecified atom stereocenters. The third-order valence-corrected chi connectivity index (χ3v) is 5.59. The molecule has 8 heteroatoms. The number of alkyl carbamates (subject to hydrolysis) is 1. The van der Waals surface area contributed by atoms with Gasteiger partial charge in [-0.15, -0.1) is 11.3 Å². The van der Waals surface area contributed by atoms with Crippen molar-refractivity contribution in [3.63, 3.8) is 0 Å². The van der Waals surface area contributed by atoms with Crippen LogP contribution in [0.1, 0.15) is 49.6 Å². The van der Waals surface area contributed by atoms with Crippen LogP contribution in [-0.4, -0.2) is 40.6 Å². The summed E-state index contributed by atoms with van der Waals surface area (Å²) in [7, 11) is 0. The number of hydrogen-bond donors (Lipinski definition) is 2. The number of ether oxygens (including phenoxy) is 1. The number of thiazole rings is 1. The van der Waals surface area contributed by atoms with E-state index in [-0.39, 0.29) is 18.5 Å². The number of nitrogens with one attached hydrogen (secondary N) is 2. The van der Waals surface area contributed by atoms with Crippen LogP contribution in [0.2, 0.25) is 0 Å². The highest BCUT2D eigenvalue weighted by Gasteiger charge is 2.22. The summed E-state index contributed by atoms with van der Waals surface area (Å²) in [6.07, 6.45) is 2.43. The molecule has 0 radical (unpaired) electrons. The lowest BCUT2D eigenvalue weighted by Gasteiger charge is -2.19. The van der Waals surface area contributed by atoms with Gasteiger partial charge in [0.25, 0.3) is 5.91 Å². The summed E-state index contributed by atoms with van der Waals surface area (Å²) in [6, 6.07) is 9.75. The van der Waals surface area contributed by atoms with Gasteiger partial charge in [-0.3, -0.25) is 4.79 Å². The zero-order chi connectivity index (χ0) is 21.4. The van der Waals surface area contributed by atoms with Crippen LogP contribution in [0.5, 0.6) is 0 Å². The number of amides is 2. The van der Waals surface area contributed by atoms with Gasteiger partial charge in [0.05, 0.1) is 11.4 Å². The van der Waals surface area contributed by atoms with Crippen molar-refractivity contribution < 1.29 is 14.3 Å². The number of rotatable bonds is 8. The van der Waals surface area contributed by atoms with Crippen LogP contribution in [0.15, 0.2) is 30.3 Å². The molecule has 0 aliphatic carbocycles. The highest BCUT2D eigenvalue weighted by molar-refractivity contribution is 7.98. The third kappa shape index (κ3) is 7.70. The second-order valence-corrected chi connectivity index (χ2v) is 9.73. The van der Waals surface area contributed by atoms with Gasteiger partial charge in [0, 0.05) is 6.04 Å². The maximum Gasteiger partial charge on any atom is 0.408 e. The molecule has 2 rings (SSSR count). The molecule has 2 N–H and O–H groups in total. The van der Waals surface area contributed by atoms with Crippen molar-refractivity contribution in [1.82, 2.24) is 15.6 Å². The monoisotopic (exact) mass is 435 g/mol. The van der Waals surface area contributed by atoms with E-state index in [9.17, 15) is 9.59 Å². The number of carbonyl (C=O) groups excluding carboxylic acids is 2. The van der Waals surface area contributed by atoms with E-state index < -0.39 is 11.7 Å². The van der Waals surface area contributed by atoms with Gasteiger partial charge < -0.3 is 15.4 Å². The maximum absolute atomic E-state index is 12.9. The lowest BCUT2D eigenvalue weighted by Crippen LogP contribution is -2.33. The van der Waals surface area contributed by atoms with Crippen molar-refractivity contribution in [3.8, 4) is 10.4 Å². The first-order valence-corrected chi connectivity index (χ1v) is 11.7. The summed E-state index contributed by atoms with van der Waals surface area (Å²) < 4.78 is 5.26. The van der Waals surface area contributed by atoms with E-state index in [4.69, 9.17) is 4.74 Å². The Morgan fingerprint density at radius 2 is 1.93 bits per heavy atom. The van der Waals surface area contributed by atoms with Crippen LogP contribution in [0.3, 0.4) is 0 Å². The van der Waals surface area contributed by atoms with Gasteiger partial charge in [-0.1, -0.05) is 30.3 Å². The highest BCUT2D eigenvalue weighted by atomic mass is 32.2. The first kappa shape index (κ1) is 23.2. The highest BCUT2D eigenvalue weighted by Crippen LogP contribution is 2.30. The van der Waals surface area contributed by atoms with E-state index in [1.54, 1.807) is 11.8 Å². The predicted molar refractivity (Wildman–Crippen MR) is 121 cm³/mol. The molecule has 29 heavy (non-hydrogen) atoms. The lowest BCUT2D eigenvalue weighted by molar-refractivity contribution is 0.0523. The molecule has 1 aromatic carbocycles. The molecule has 2 aromatic rings. The number of hydrogen-bond acceptors (Lipinski definition) is 6. The lowest BCUT2D eigenvalue weighted by atomic mass is 10.1. The normalized spacial score (nSPS) is 12.3. The smallest absolute Gasteiger partial charge is 0.408 e. The molecule has 0 fully saturated rings. The van der Waals surface area contributed by atoms with E-state index in [2.05, 4.69) is 15.6 Å². The Morgan fingerprint density at radius 3 is 2.55 bits per heavy atom. The number of carbonyl (C=O) groups is 2.